The highest BCUT2D eigenvalue weighted by Gasteiger charge is 2.13. The Kier molecular flexibility index (Phi) is 19.2. The molecule has 0 fully saturated rings. The van der Waals surface area contributed by atoms with Crippen LogP contribution in [0.25, 0.3) is 0 Å². The quantitative estimate of drug-likeness (QED) is 0.600. The summed E-state index contributed by atoms with van der Waals surface area (Å²) in [7, 11) is 0. The van der Waals surface area contributed by atoms with E-state index < -0.39 is 6.10 Å². The van der Waals surface area contributed by atoms with Gasteiger partial charge in [0.05, 0.1) is 0 Å². The van der Waals surface area contributed by atoms with Crippen molar-refractivity contribution in [2.45, 2.75) is 86.2 Å². The van der Waals surface area contributed by atoms with E-state index in [4.69, 9.17) is 0 Å². The molecule has 1 unspecified atom stereocenters. The lowest BCUT2D eigenvalue weighted by Gasteiger charge is -2.08. The highest BCUT2D eigenvalue weighted by Crippen LogP contribution is 2.08. The van der Waals surface area contributed by atoms with Crippen molar-refractivity contribution < 1.29 is 9.90 Å². The molecular formula is C14H32O2. The molecular weight excluding hydrogens is 200 g/mol. The van der Waals surface area contributed by atoms with Gasteiger partial charge in [-0.3, -0.25) is 4.79 Å². The van der Waals surface area contributed by atoms with E-state index >= 15 is 0 Å². The van der Waals surface area contributed by atoms with E-state index in [1.165, 1.54) is 0 Å². The van der Waals surface area contributed by atoms with Gasteiger partial charge in [0.1, 0.15) is 6.10 Å². The van der Waals surface area contributed by atoms with Crippen LogP contribution in [0.15, 0.2) is 0 Å². The number of rotatable bonds is 9. The molecule has 0 heterocycles. The third-order valence-corrected chi connectivity index (χ3v) is 2.48. The first kappa shape index (κ1) is 21.0. The summed E-state index contributed by atoms with van der Waals surface area (Å²) in [5.41, 5.74) is 0. The summed E-state index contributed by atoms with van der Waals surface area (Å²) in [6.07, 6.45) is 6.87. The van der Waals surface area contributed by atoms with Gasteiger partial charge < -0.3 is 5.11 Å². The van der Waals surface area contributed by atoms with Crippen molar-refractivity contribution >= 4 is 5.78 Å². The van der Waals surface area contributed by atoms with Crippen LogP contribution in [0.4, 0.5) is 0 Å². The molecule has 0 spiro atoms. The molecule has 0 saturated heterocycles. The first-order valence-electron chi connectivity index (χ1n) is 5.93. The Labute approximate surface area is 102 Å². The standard InChI is InChI=1S/C12H24O2.2CH4/c1-3-5-7-9-11(13)12(14)10-8-6-4-2;;/h11,13H,3-10H2,1-2H3;2*1H4. The van der Waals surface area contributed by atoms with Crippen LogP contribution in [0.5, 0.6) is 0 Å². The smallest absolute Gasteiger partial charge is 0.161 e. The van der Waals surface area contributed by atoms with Crippen molar-refractivity contribution in [3.05, 3.63) is 0 Å². The van der Waals surface area contributed by atoms with Crippen LogP contribution in [0.1, 0.15) is 80.1 Å². The summed E-state index contributed by atoms with van der Waals surface area (Å²) >= 11 is 0. The van der Waals surface area contributed by atoms with Gasteiger partial charge in [0.25, 0.3) is 0 Å². The Morgan fingerprint density at radius 3 is 2.00 bits per heavy atom. The van der Waals surface area contributed by atoms with Crippen LogP contribution in [-0.4, -0.2) is 17.0 Å². The number of hydrogen-bond donors (Lipinski definition) is 1. The Hall–Kier alpha value is -0.370. The van der Waals surface area contributed by atoms with Gasteiger partial charge in [0.2, 0.25) is 0 Å². The summed E-state index contributed by atoms with van der Waals surface area (Å²) in [5.74, 6) is 0.0366. The number of ketones is 1. The molecule has 0 radical (unpaired) electrons. The number of unbranched alkanes of at least 4 members (excludes halogenated alkanes) is 4. The van der Waals surface area contributed by atoms with Crippen LogP contribution < -0.4 is 0 Å². The van der Waals surface area contributed by atoms with Crippen molar-refractivity contribution in [2.75, 3.05) is 0 Å². The average molecular weight is 232 g/mol. The molecule has 0 aromatic heterocycles. The number of Topliss-reactive ketones (excluding diaryl/α,β-unsaturated/α-hetero) is 1. The van der Waals surface area contributed by atoms with Crippen LogP contribution in [0.3, 0.4) is 0 Å². The third-order valence-electron chi connectivity index (χ3n) is 2.48. The maximum atomic E-state index is 11.4. The van der Waals surface area contributed by atoms with Crippen LogP contribution in [-0.2, 0) is 4.79 Å². The van der Waals surface area contributed by atoms with Crippen LogP contribution >= 0.6 is 0 Å². The minimum Gasteiger partial charge on any atom is -0.385 e. The lowest BCUT2D eigenvalue weighted by molar-refractivity contribution is -0.127. The number of carbonyl (C=O) groups excluding carboxylic acids is 1. The largest absolute Gasteiger partial charge is 0.385 e. The third kappa shape index (κ3) is 11.7. The molecule has 0 aromatic rings. The Morgan fingerprint density at radius 2 is 1.50 bits per heavy atom. The molecule has 0 aliphatic heterocycles. The monoisotopic (exact) mass is 232 g/mol. The number of hydrogen-bond acceptors (Lipinski definition) is 2. The second-order valence-electron chi connectivity index (χ2n) is 3.93. The topological polar surface area (TPSA) is 37.3 Å². The molecule has 0 aliphatic carbocycles. The Balaban J connectivity index is -0.000000845. The molecule has 0 aliphatic rings. The van der Waals surface area contributed by atoms with E-state index in [9.17, 15) is 9.90 Å². The van der Waals surface area contributed by atoms with E-state index in [0.29, 0.717) is 12.8 Å². The summed E-state index contributed by atoms with van der Waals surface area (Å²) in [6.45, 7) is 4.23. The van der Waals surface area contributed by atoms with Crippen LogP contribution in [0.2, 0.25) is 0 Å². The van der Waals surface area contributed by atoms with E-state index in [0.717, 1.165) is 38.5 Å². The van der Waals surface area contributed by atoms with E-state index in [2.05, 4.69) is 13.8 Å². The molecule has 0 aromatic carbocycles. The van der Waals surface area contributed by atoms with Gasteiger partial charge in [-0.2, -0.15) is 0 Å². The van der Waals surface area contributed by atoms with Crippen LogP contribution in [0, 0.1) is 0 Å². The zero-order chi connectivity index (χ0) is 10.8. The molecule has 100 valence electrons. The number of aliphatic hydroxyl groups is 1. The summed E-state index contributed by atoms with van der Waals surface area (Å²) < 4.78 is 0. The molecule has 0 amide bonds. The fourth-order valence-electron chi connectivity index (χ4n) is 1.46. The lowest BCUT2D eigenvalue weighted by Crippen LogP contribution is -2.19. The lowest BCUT2D eigenvalue weighted by atomic mass is 10.0. The van der Waals surface area contributed by atoms with E-state index in [-0.39, 0.29) is 20.6 Å². The van der Waals surface area contributed by atoms with Gasteiger partial charge in [-0.1, -0.05) is 60.8 Å². The van der Waals surface area contributed by atoms with E-state index in [1.807, 2.05) is 0 Å². The maximum absolute atomic E-state index is 11.4. The summed E-state index contributed by atoms with van der Waals surface area (Å²) in [5, 5.41) is 9.49. The fraction of sp³-hybridized carbons (Fsp3) is 0.929. The van der Waals surface area contributed by atoms with Gasteiger partial charge in [-0.05, 0) is 12.8 Å². The first-order chi connectivity index (χ1) is 6.72. The van der Waals surface area contributed by atoms with Crippen molar-refractivity contribution in [3.8, 4) is 0 Å². The molecule has 0 bridgehead atoms. The molecule has 0 saturated carbocycles. The second kappa shape index (κ2) is 14.6. The van der Waals surface area contributed by atoms with Gasteiger partial charge in [0, 0.05) is 6.42 Å². The average Bonchev–Trinajstić information content (AvgIpc) is 2.18. The van der Waals surface area contributed by atoms with Crippen molar-refractivity contribution in [1.82, 2.24) is 0 Å². The zero-order valence-electron chi connectivity index (χ0n) is 9.59. The van der Waals surface area contributed by atoms with Crippen molar-refractivity contribution in [2.24, 2.45) is 0 Å². The summed E-state index contributed by atoms with van der Waals surface area (Å²) in [6, 6.07) is 0. The predicted molar refractivity (Wildman–Crippen MR) is 72.8 cm³/mol. The van der Waals surface area contributed by atoms with Crippen molar-refractivity contribution in [3.63, 3.8) is 0 Å². The van der Waals surface area contributed by atoms with Crippen molar-refractivity contribution in [1.29, 1.82) is 0 Å². The zero-order valence-corrected chi connectivity index (χ0v) is 9.59. The van der Waals surface area contributed by atoms with Gasteiger partial charge in [0.15, 0.2) is 5.78 Å². The normalized spacial score (nSPS) is 11.2. The Morgan fingerprint density at radius 1 is 1.00 bits per heavy atom. The Bertz CT molecular complexity index is 144. The second-order valence-corrected chi connectivity index (χ2v) is 3.93. The molecule has 1 atom stereocenters. The van der Waals surface area contributed by atoms with Gasteiger partial charge in [-0.25, -0.2) is 0 Å². The molecule has 0 rings (SSSR count). The summed E-state index contributed by atoms with van der Waals surface area (Å²) in [4.78, 5) is 11.4. The molecule has 2 heteroatoms. The minimum absolute atomic E-state index is 0. The molecule has 2 nitrogen and oxygen atoms in total. The number of carbonyl (C=O) groups is 1. The highest BCUT2D eigenvalue weighted by atomic mass is 16.3. The predicted octanol–water partition coefficient (Wildman–Crippen LogP) is 4.35. The molecule has 1 N–H and O–H groups in total. The first-order valence-corrected chi connectivity index (χ1v) is 5.93. The SMILES string of the molecule is C.C.CCCCCC(=O)C(O)CCCCC. The fourth-order valence-corrected chi connectivity index (χ4v) is 1.46. The number of aliphatic hydroxyl groups excluding tert-OH is 1. The molecule has 16 heavy (non-hydrogen) atoms. The maximum Gasteiger partial charge on any atom is 0.161 e. The highest BCUT2D eigenvalue weighted by molar-refractivity contribution is 5.82. The van der Waals surface area contributed by atoms with Gasteiger partial charge >= 0.3 is 0 Å². The van der Waals surface area contributed by atoms with E-state index in [1.54, 1.807) is 0 Å². The minimum atomic E-state index is -0.696. The van der Waals surface area contributed by atoms with Gasteiger partial charge in [-0.15, -0.1) is 0 Å².